The summed E-state index contributed by atoms with van der Waals surface area (Å²) in [6.45, 7) is 4.64. The molecular weight excluding hydrogens is 260 g/mol. The number of hydrogen-bond acceptors (Lipinski definition) is 5. The van der Waals surface area contributed by atoms with Crippen LogP contribution < -0.4 is 0 Å². The van der Waals surface area contributed by atoms with Gasteiger partial charge in [-0.15, -0.1) is 0 Å². The molecule has 1 aromatic rings. The number of rotatable bonds is 2. The summed E-state index contributed by atoms with van der Waals surface area (Å²) in [6.07, 6.45) is 4.66. The van der Waals surface area contributed by atoms with E-state index in [-0.39, 0.29) is 11.7 Å². The van der Waals surface area contributed by atoms with Crippen molar-refractivity contribution in [3.63, 3.8) is 0 Å². The van der Waals surface area contributed by atoms with Crippen LogP contribution in [-0.4, -0.2) is 27.4 Å². The SMILES string of the molecule is CC1(C)CCC(c2noc(C3CSCC3=O)n2)CC1. The fourth-order valence-corrected chi connectivity index (χ4v) is 3.98. The first-order chi connectivity index (χ1) is 9.05. The van der Waals surface area contributed by atoms with Crippen LogP contribution >= 0.6 is 11.8 Å². The molecule has 0 N–H and O–H groups in total. The zero-order valence-corrected chi connectivity index (χ0v) is 12.3. The molecule has 5 heteroatoms. The number of carbonyl (C=O) groups is 1. The lowest BCUT2D eigenvalue weighted by atomic mass is 9.73. The maximum atomic E-state index is 11.7. The molecule has 2 aliphatic rings. The predicted molar refractivity (Wildman–Crippen MR) is 74.4 cm³/mol. The Labute approximate surface area is 117 Å². The van der Waals surface area contributed by atoms with E-state index in [1.165, 1.54) is 12.8 Å². The maximum absolute atomic E-state index is 11.7. The third-order valence-corrected chi connectivity index (χ3v) is 5.44. The molecule has 0 spiro atoms. The van der Waals surface area contributed by atoms with E-state index < -0.39 is 0 Å². The highest BCUT2D eigenvalue weighted by atomic mass is 32.2. The zero-order valence-electron chi connectivity index (χ0n) is 11.5. The number of ketones is 1. The van der Waals surface area contributed by atoms with Crippen molar-refractivity contribution < 1.29 is 9.32 Å². The molecule has 3 rings (SSSR count). The molecule has 0 radical (unpaired) electrons. The van der Waals surface area contributed by atoms with E-state index in [0.29, 0.717) is 23.0 Å². The molecule has 4 nitrogen and oxygen atoms in total. The molecule has 0 bridgehead atoms. The Morgan fingerprint density at radius 3 is 2.68 bits per heavy atom. The number of Topliss-reactive ketones (excluding diaryl/α,β-unsaturated/α-hetero) is 1. The Morgan fingerprint density at radius 1 is 1.32 bits per heavy atom. The predicted octanol–water partition coefficient (Wildman–Crippen LogP) is 3.15. The molecule has 1 aliphatic carbocycles. The Morgan fingerprint density at radius 2 is 2.05 bits per heavy atom. The minimum Gasteiger partial charge on any atom is -0.339 e. The second-order valence-electron chi connectivity index (χ2n) is 6.46. The van der Waals surface area contributed by atoms with Crippen LogP contribution in [0.3, 0.4) is 0 Å². The molecule has 1 atom stereocenters. The molecule has 19 heavy (non-hydrogen) atoms. The zero-order chi connectivity index (χ0) is 13.5. The largest absolute Gasteiger partial charge is 0.339 e. The van der Waals surface area contributed by atoms with Gasteiger partial charge in [0.1, 0.15) is 5.92 Å². The summed E-state index contributed by atoms with van der Waals surface area (Å²) in [5, 5.41) is 4.12. The van der Waals surface area contributed by atoms with Crippen molar-refractivity contribution in [2.75, 3.05) is 11.5 Å². The smallest absolute Gasteiger partial charge is 0.238 e. The van der Waals surface area contributed by atoms with Crippen molar-refractivity contribution in [2.24, 2.45) is 5.41 Å². The number of aromatic nitrogens is 2. The Bertz CT molecular complexity index is 474. The van der Waals surface area contributed by atoms with Crippen LogP contribution in [0.2, 0.25) is 0 Å². The van der Waals surface area contributed by atoms with Gasteiger partial charge in [-0.3, -0.25) is 4.79 Å². The summed E-state index contributed by atoms with van der Waals surface area (Å²) in [7, 11) is 0. The number of hydrogen-bond donors (Lipinski definition) is 0. The summed E-state index contributed by atoms with van der Waals surface area (Å²) < 4.78 is 5.33. The lowest BCUT2D eigenvalue weighted by Gasteiger charge is -2.32. The first-order valence-corrected chi connectivity index (χ1v) is 8.15. The molecule has 1 unspecified atom stereocenters. The van der Waals surface area contributed by atoms with E-state index in [1.54, 1.807) is 11.8 Å². The normalized spacial score (nSPS) is 27.9. The van der Waals surface area contributed by atoms with E-state index >= 15 is 0 Å². The van der Waals surface area contributed by atoms with Crippen LogP contribution in [0.15, 0.2) is 4.52 Å². The quantitative estimate of drug-likeness (QED) is 0.833. The second kappa shape index (κ2) is 4.93. The fraction of sp³-hybridized carbons (Fsp3) is 0.786. The lowest BCUT2D eigenvalue weighted by molar-refractivity contribution is -0.117. The number of thioether (sulfide) groups is 1. The van der Waals surface area contributed by atoms with Gasteiger partial charge in [-0.05, 0) is 31.1 Å². The van der Waals surface area contributed by atoms with Gasteiger partial charge >= 0.3 is 0 Å². The molecule has 0 aromatic carbocycles. The van der Waals surface area contributed by atoms with Crippen molar-refractivity contribution in [1.82, 2.24) is 10.1 Å². The summed E-state index contributed by atoms with van der Waals surface area (Å²) in [5.74, 6) is 3.20. The average Bonchev–Trinajstić information content (AvgIpc) is 2.97. The molecule has 0 amide bonds. The molecule has 104 valence electrons. The van der Waals surface area contributed by atoms with Gasteiger partial charge in [-0.1, -0.05) is 19.0 Å². The number of nitrogens with zero attached hydrogens (tertiary/aromatic N) is 2. The van der Waals surface area contributed by atoms with E-state index in [9.17, 15) is 4.79 Å². The molecular formula is C14H20N2O2S. The van der Waals surface area contributed by atoms with Crippen molar-refractivity contribution in [3.8, 4) is 0 Å². The van der Waals surface area contributed by atoms with E-state index in [4.69, 9.17) is 4.52 Å². The van der Waals surface area contributed by atoms with Gasteiger partial charge < -0.3 is 4.52 Å². The van der Waals surface area contributed by atoms with Crippen LogP contribution in [0.1, 0.15) is 63.1 Å². The summed E-state index contributed by atoms with van der Waals surface area (Å²) >= 11 is 1.65. The highest BCUT2D eigenvalue weighted by Crippen LogP contribution is 2.42. The molecule has 1 aromatic heterocycles. The van der Waals surface area contributed by atoms with Crippen molar-refractivity contribution in [2.45, 2.75) is 51.4 Å². The van der Waals surface area contributed by atoms with E-state index in [0.717, 1.165) is 24.4 Å². The molecule has 1 aliphatic heterocycles. The first-order valence-electron chi connectivity index (χ1n) is 6.99. The van der Waals surface area contributed by atoms with Crippen molar-refractivity contribution >= 4 is 17.5 Å². The minimum absolute atomic E-state index is 0.161. The van der Waals surface area contributed by atoms with Gasteiger partial charge in [0, 0.05) is 11.7 Å². The monoisotopic (exact) mass is 280 g/mol. The van der Waals surface area contributed by atoms with Crippen molar-refractivity contribution in [1.29, 1.82) is 0 Å². The Balaban J connectivity index is 1.70. The van der Waals surface area contributed by atoms with Crippen LogP contribution in [-0.2, 0) is 4.79 Å². The second-order valence-corrected chi connectivity index (χ2v) is 7.49. The van der Waals surface area contributed by atoms with E-state index in [2.05, 4.69) is 24.0 Å². The maximum Gasteiger partial charge on any atom is 0.238 e. The minimum atomic E-state index is -0.161. The fourth-order valence-electron chi connectivity index (χ4n) is 2.89. The molecule has 1 saturated carbocycles. The summed E-state index contributed by atoms with van der Waals surface area (Å²) in [4.78, 5) is 16.2. The van der Waals surface area contributed by atoms with Crippen molar-refractivity contribution in [3.05, 3.63) is 11.7 Å². The third-order valence-electron chi connectivity index (χ3n) is 4.38. The standard InChI is InChI=1S/C14H20N2O2S/c1-14(2)5-3-9(4-6-14)12-15-13(18-16-12)10-7-19-8-11(10)17/h9-10H,3-8H2,1-2H3. The topological polar surface area (TPSA) is 56.0 Å². The summed E-state index contributed by atoms with van der Waals surface area (Å²) in [5.41, 5.74) is 0.446. The number of carbonyl (C=O) groups excluding carboxylic acids is 1. The van der Waals surface area contributed by atoms with E-state index in [1.807, 2.05) is 0 Å². The Hall–Kier alpha value is -0.840. The van der Waals surface area contributed by atoms with Crippen LogP contribution in [0, 0.1) is 5.41 Å². The first kappa shape index (κ1) is 13.2. The van der Waals surface area contributed by atoms with Gasteiger partial charge in [0.2, 0.25) is 5.89 Å². The van der Waals surface area contributed by atoms with Gasteiger partial charge in [0.05, 0.1) is 5.75 Å². The lowest BCUT2D eigenvalue weighted by Crippen LogP contribution is -2.20. The van der Waals surface area contributed by atoms with Crippen LogP contribution in [0.4, 0.5) is 0 Å². The van der Waals surface area contributed by atoms with Gasteiger partial charge in [-0.2, -0.15) is 16.7 Å². The van der Waals surface area contributed by atoms with Crippen LogP contribution in [0.5, 0.6) is 0 Å². The average molecular weight is 280 g/mol. The third kappa shape index (κ3) is 2.71. The van der Waals surface area contributed by atoms with Gasteiger partial charge in [0.25, 0.3) is 0 Å². The molecule has 2 heterocycles. The van der Waals surface area contributed by atoms with Crippen LogP contribution in [0.25, 0.3) is 0 Å². The molecule has 1 saturated heterocycles. The molecule has 2 fully saturated rings. The van der Waals surface area contributed by atoms with Gasteiger partial charge in [0.15, 0.2) is 11.6 Å². The summed E-state index contributed by atoms with van der Waals surface area (Å²) in [6, 6.07) is 0. The highest BCUT2D eigenvalue weighted by Gasteiger charge is 2.34. The highest BCUT2D eigenvalue weighted by molar-refractivity contribution is 8.00. The van der Waals surface area contributed by atoms with Gasteiger partial charge in [-0.25, -0.2) is 0 Å². The Kier molecular flexibility index (Phi) is 3.41.